The van der Waals surface area contributed by atoms with Crippen molar-refractivity contribution in [2.24, 2.45) is 5.92 Å². The maximum absolute atomic E-state index is 6.25. The normalized spacial score (nSPS) is 27.3. The minimum atomic E-state index is -0.0174. The molecule has 0 bridgehead atoms. The highest BCUT2D eigenvalue weighted by molar-refractivity contribution is 5.02. The number of nitrogens with one attached hydrogen (secondary N) is 1. The van der Waals surface area contributed by atoms with Crippen LogP contribution in [0.4, 0.5) is 0 Å². The first-order valence-corrected chi connectivity index (χ1v) is 8.60. The molecule has 1 saturated carbocycles. The van der Waals surface area contributed by atoms with Crippen molar-refractivity contribution in [3.05, 3.63) is 0 Å². The highest BCUT2D eigenvalue weighted by atomic mass is 16.5. The van der Waals surface area contributed by atoms with Crippen LogP contribution in [0.3, 0.4) is 0 Å². The van der Waals surface area contributed by atoms with E-state index in [1.807, 2.05) is 0 Å². The molecule has 2 atom stereocenters. The van der Waals surface area contributed by atoms with Gasteiger partial charge in [-0.25, -0.2) is 0 Å². The van der Waals surface area contributed by atoms with Crippen LogP contribution >= 0.6 is 0 Å². The van der Waals surface area contributed by atoms with E-state index in [9.17, 15) is 0 Å². The number of rotatable bonds is 7. The van der Waals surface area contributed by atoms with Crippen LogP contribution < -0.4 is 5.32 Å². The molecule has 1 N–H and O–H groups in total. The molecule has 0 amide bonds. The third kappa shape index (κ3) is 2.90. The monoisotopic (exact) mass is 283 g/mol. The minimum absolute atomic E-state index is 0.0174. The average Bonchev–Trinajstić information content (AvgIpc) is 2.45. The topological polar surface area (TPSA) is 30.5 Å². The fraction of sp³-hybridized carbons (Fsp3) is 1.00. The van der Waals surface area contributed by atoms with Crippen LogP contribution in [0.15, 0.2) is 0 Å². The van der Waals surface area contributed by atoms with Crippen LogP contribution in [0.2, 0.25) is 0 Å². The lowest BCUT2D eigenvalue weighted by atomic mass is 9.67. The summed E-state index contributed by atoms with van der Waals surface area (Å²) in [7, 11) is 2.10. The first-order valence-electron chi connectivity index (χ1n) is 8.60. The molecular weight excluding hydrogens is 250 g/mol. The summed E-state index contributed by atoms with van der Waals surface area (Å²) in [6, 6.07) is 0.443. The molecule has 0 aromatic carbocycles. The zero-order valence-corrected chi connectivity index (χ0v) is 13.8. The fourth-order valence-corrected chi connectivity index (χ4v) is 4.47. The number of ether oxygens (including phenoxy) is 2. The van der Waals surface area contributed by atoms with E-state index in [0.717, 1.165) is 26.1 Å². The van der Waals surface area contributed by atoms with Crippen molar-refractivity contribution < 1.29 is 9.47 Å². The molecule has 0 aromatic rings. The average molecular weight is 283 g/mol. The Morgan fingerprint density at radius 3 is 2.45 bits per heavy atom. The van der Waals surface area contributed by atoms with Crippen LogP contribution in [-0.4, -0.2) is 37.5 Å². The Bertz CT molecular complexity index is 297. The van der Waals surface area contributed by atoms with Crippen molar-refractivity contribution in [2.45, 2.75) is 83.0 Å². The second kappa shape index (κ2) is 6.76. The summed E-state index contributed by atoms with van der Waals surface area (Å²) in [6.07, 6.45) is 8.41. The highest BCUT2D eigenvalue weighted by Gasteiger charge is 2.48. The van der Waals surface area contributed by atoms with E-state index >= 15 is 0 Å². The third-order valence-corrected chi connectivity index (χ3v) is 5.77. The van der Waals surface area contributed by atoms with Gasteiger partial charge in [0.05, 0.1) is 11.2 Å². The van der Waals surface area contributed by atoms with E-state index in [-0.39, 0.29) is 11.2 Å². The van der Waals surface area contributed by atoms with E-state index in [0.29, 0.717) is 12.0 Å². The Kier molecular flexibility index (Phi) is 5.49. The van der Waals surface area contributed by atoms with Crippen molar-refractivity contribution in [1.29, 1.82) is 0 Å². The first kappa shape index (κ1) is 16.3. The van der Waals surface area contributed by atoms with Gasteiger partial charge in [0.25, 0.3) is 0 Å². The van der Waals surface area contributed by atoms with Crippen molar-refractivity contribution in [1.82, 2.24) is 5.32 Å². The summed E-state index contributed by atoms with van der Waals surface area (Å²) in [5.74, 6) is 0.681. The largest absolute Gasteiger partial charge is 0.375 e. The van der Waals surface area contributed by atoms with Crippen molar-refractivity contribution >= 4 is 0 Å². The second-order valence-corrected chi connectivity index (χ2v) is 6.61. The molecule has 2 aliphatic rings. The molecule has 2 unspecified atom stereocenters. The van der Waals surface area contributed by atoms with Crippen LogP contribution in [0.1, 0.15) is 65.7 Å². The Hall–Kier alpha value is -0.120. The lowest BCUT2D eigenvalue weighted by Crippen LogP contribution is -2.58. The van der Waals surface area contributed by atoms with Crippen molar-refractivity contribution in [2.75, 3.05) is 20.3 Å². The molecular formula is C17H33NO2. The van der Waals surface area contributed by atoms with Gasteiger partial charge < -0.3 is 14.8 Å². The van der Waals surface area contributed by atoms with Crippen molar-refractivity contribution in [3.8, 4) is 0 Å². The second-order valence-electron chi connectivity index (χ2n) is 6.61. The van der Waals surface area contributed by atoms with Gasteiger partial charge in [-0.2, -0.15) is 0 Å². The predicted octanol–water partition coefficient (Wildman–Crippen LogP) is 3.52. The first-order chi connectivity index (χ1) is 9.65. The Labute approximate surface area is 124 Å². The molecule has 0 radical (unpaired) electrons. The van der Waals surface area contributed by atoms with Gasteiger partial charge in [-0.3, -0.25) is 0 Å². The van der Waals surface area contributed by atoms with Crippen LogP contribution in [-0.2, 0) is 9.47 Å². The molecule has 1 heterocycles. The molecule has 3 heteroatoms. The summed E-state index contributed by atoms with van der Waals surface area (Å²) >= 11 is 0. The number of hydrogen-bond donors (Lipinski definition) is 1. The van der Waals surface area contributed by atoms with Crippen molar-refractivity contribution in [3.63, 3.8) is 0 Å². The maximum Gasteiger partial charge on any atom is 0.0831 e. The van der Waals surface area contributed by atoms with E-state index in [2.05, 4.69) is 33.1 Å². The van der Waals surface area contributed by atoms with Gasteiger partial charge in [-0.1, -0.05) is 13.8 Å². The Morgan fingerprint density at radius 1 is 1.30 bits per heavy atom. The summed E-state index contributed by atoms with van der Waals surface area (Å²) in [5, 5.41) is 3.60. The molecule has 1 aliphatic heterocycles. The molecule has 3 nitrogen and oxygen atoms in total. The molecule has 2 fully saturated rings. The van der Waals surface area contributed by atoms with Gasteiger partial charge in [0.15, 0.2) is 0 Å². The lowest BCUT2D eigenvalue weighted by Gasteiger charge is -2.52. The van der Waals surface area contributed by atoms with Gasteiger partial charge in [-0.05, 0) is 64.8 Å². The summed E-state index contributed by atoms with van der Waals surface area (Å²) in [5.41, 5.74) is 0.202. The van der Waals surface area contributed by atoms with E-state index < -0.39 is 0 Å². The van der Waals surface area contributed by atoms with E-state index in [4.69, 9.17) is 9.47 Å². The summed E-state index contributed by atoms with van der Waals surface area (Å²) in [6.45, 7) is 8.38. The van der Waals surface area contributed by atoms with Crippen LogP contribution in [0.25, 0.3) is 0 Å². The smallest absolute Gasteiger partial charge is 0.0831 e. The molecule has 1 saturated heterocycles. The lowest BCUT2D eigenvalue weighted by molar-refractivity contribution is -0.164. The molecule has 118 valence electrons. The molecule has 1 spiro atoms. The third-order valence-electron chi connectivity index (χ3n) is 5.77. The minimum Gasteiger partial charge on any atom is -0.375 e. The van der Waals surface area contributed by atoms with Gasteiger partial charge >= 0.3 is 0 Å². The van der Waals surface area contributed by atoms with Crippen LogP contribution in [0.5, 0.6) is 0 Å². The summed E-state index contributed by atoms with van der Waals surface area (Å²) in [4.78, 5) is 0. The van der Waals surface area contributed by atoms with Crippen LogP contribution in [0, 0.1) is 5.92 Å². The highest BCUT2D eigenvalue weighted by Crippen LogP contribution is 2.46. The van der Waals surface area contributed by atoms with Gasteiger partial charge in [-0.15, -0.1) is 0 Å². The zero-order chi connectivity index (χ0) is 14.6. The molecule has 2 rings (SSSR count). The van der Waals surface area contributed by atoms with Gasteiger partial charge in [0.2, 0.25) is 0 Å². The molecule has 20 heavy (non-hydrogen) atoms. The molecule has 0 aromatic heterocycles. The number of likely N-dealkylation sites (N-methyl/N-ethyl adjacent to an activating group) is 1. The fourth-order valence-electron chi connectivity index (χ4n) is 4.47. The predicted molar refractivity (Wildman–Crippen MR) is 83.0 cm³/mol. The quantitative estimate of drug-likeness (QED) is 0.775. The maximum atomic E-state index is 6.25. The van der Waals surface area contributed by atoms with E-state index in [1.165, 1.54) is 32.1 Å². The Balaban J connectivity index is 2.12. The standard InChI is InChI=1S/C17H33NO2/c1-5-17(6-2,19-7-3)15(18-4)14-9-12-20-16(13-14)10-8-11-16/h14-15,18H,5-13H2,1-4H3. The van der Waals surface area contributed by atoms with E-state index in [1.54, 1.807) is 0 Å². The SMILES string of the molecule is CCOC(CC)(CC)C(NC)C1CCOC2(CCC2)C1. The number of hydrogen-bond acceptors (Lipinski definition) is 3. The Morgan fingerprint density at radius 2 is 2.00 bits per heavy atom. The molecule has 1 aliphatic carbocycles. The van der Waals surface area contributed by atoms with Gasteiger partial charge in [0, 0.05) is 19.3 Å². The summed E-state index contributed by atoms with van der Waals surface area (Å²) < 4.78 is 12.3. The zero-order valence-electron chi connectivity index (χ0n) is 13.8. The van der Waals surface area contributed by atoms with Gasteiger partial charge in [0.1, 0.15) is 0 Å².